The summed E-state index contributed by atoms with van der Waals surface area (Å²) in [6, 6.07) is 6.76. The van der Waals surface area contributed by atoms with Crippen LogP contribution in [0.25, 0.3) is 0 Å². The van der Waals surface area contributed by atoms with Gasteiger partial charge in [0.1, 0.15) is 0 Å². The number of nitrogens with one attached hydrogen (secondary N) is 2. The molecule has 1 atom stereocenters. The van der Waals surface area contributed by atoms with E-state index in [2.05, 4.69) is 10.6 Å². The summed E-state index contributed by atoms with van der Waals surface area (Å²) < 4.78 is 5.29. The van der Waals surface area contributed by atoms with Gasteiger partial charge in [0.25, 0.3) is 11.8 Å². The van der Waals surface area contributed by atoms with E-state index in [-0.39, 0.29) is 49.3 Å². The maximum atomic E-state index is 12.2. The molecule has 24 heavy (non-hydrogen) atoms. The van der Waals surface area contributed by atoms with Gasteiger partial charge in [-0.1, -0.05) is 12.1 Å². The van der Waals surface area contributed by atoms with Crippen LogP contribution in [-0.4, -0.2) is 61.5 Å². The van der Waals surface area contributed by atoms with Crippen LogP contribution < -0.4 is 10.6 Å². The van der Waals surface area contributed by atoms with Crippen molar-refractivity contribution in [2.45, 2.75) is 12.5 Å². The molecule has 0 spiro atoms. The number of hydrogen-bond acceptors (Lipinski definition) is 5. The van der Waals surface area contributed by atoms with Gasteiger partial charge < -0.3 is 15.4 Å². The fourth-order valence-electron chi connectivity index (χ4n) is 2.80. The molecule has 2 aliphatic rings. The number of ether oxygens (including phenoxy) is 1. The lowest BCUT2D eigenvalue weighted by Gasteiger charge is -2.23. The van der Waals surface area contributed by atoms with E-state index in [1.807, 2.05) is 0 Å². The summed E-state index contributed by atoms with van der Waals surface area (Å²) in [5.74, 6) is -0.728. The Hall–Kier alpha value is -1.96. The van der Waals surface area contributed by atoms with E-state index in [0.29, 0.717) is 30.8 Å². The minimum absolute atomic E-state index is 0. The fourth-order valence-corrected chi connectivity index (χ4v) is 2.80. The summed E-state index contributed by atoms with van der Waals surface area (Å²) in [6.45, 7) is 2.35. The minimum Gasteiger partial charge on any atom is -0.378 e. The highest BCUT2D eigenvalue weighted by Crippen LogP contribution is 2.21. The van der Waals surface area contributed by atoms with E-state index in [0.717, 1.165) is 6.54 Å². The number of morpholine rings is 1. The predicted molar refractivity (Wildman–Crippen MR) is 89.3 cm³/mol. The number of carbonyl (C=O) groups is 3. The van der Waals surface area contributed by atoms with Gasteiger partial charge in [0.2, 0.25) is 5.91 Å². The largest absolute Gasteiger partial charge is 0.378 e. The quantitative estimate of drug-likeness (QED) is 0.738. The van der Waals surface area contributed by atoms with Gasteiger partial charge in [0.15, 0.2) is 0 Å². The van der Waals surface area contributed by atoms with E-state index < -0.39 is 0 Å². The Labute approximate surface area is 146 Å². The molecule has 3 rings (SSSR count). The normalized spacial score (nSPS) is 19.7. The first-order valence-corrected chi connectivity index (χ1v) is 7.70. The molecule has 8 heteroatoms. The summed E-state index contributed by atoms with van der Waals surface area (Å²) >= 11 is 0. The number of amides is 3. The standard InChI is InChI=1S/C16H19N3O4.ClH/c20-14(9-11-10-23-8-6-17-11)18-5-7-19-15(21)12-3-1-2-4-13(12)16(19)22;/h1-4,11,17H,5-10H2,(H,18,20);1H. The Bertz CT molecular complexity index is 597. The Balaban J connectivity index is 0.00000208. The first-order chi connectivity index (χ1) is 11.2. The zero-order valence-corrected chi connectivity index (χ0v) is 13.9. The second-order valence-corrected chi connectivity index (χ2v) is 5.59. The molecular formula is C16H20ClN3O4. The maximum Gasteiger partial charge on any atom is 0.261 e. The Morgan fingerprint density at radius 3 is 2.50 bits per heavy atom. The molecule has 1 aromatic carbocycles. The van der Waals surface area contributed by atoms with Crippen LogP contribution in [0, 0.1) is 0 Å². The first-order valence-electron chi connectivity index (χ1n) is 7.70. The average Bonchev–Trinajstić information content (AvgIpc) is 2.81. The molecule has 0 radical (unpaired) electrons. The molecule has 1 aromatic rings. The number of halogens is 1. The maximum absolute atomic E-state index is 12.2. The van der Waals surface area contributed by atoms with Gasteiger partial charge in [0, 0.05) is 32.1 Å². The van der Waals surface area contributed by atoms with Crippen LogP contribution in [0.4, 0.5) is 0 Å². The van der Waals surface area contributed by atoms with Crippen molar-refractivity contribution in [1.29, 1.82) is 0 Å². The smallest absolute Gasteiger partial charge is 0.261 e. The Morgan fingerprint density at radius 1 is 1.25 bits per heavy atom. The van der Waals surface area contributed by atoms with Crippen LogP contribution in [0.5, 0.6) is 0 Å². The van der Waals surface area contributed by atoms with Gasteiger partial charge in [0.05, 0.1) is 24.3 Å². The summed E-state index contributed by atoms with van der Waals surface area (Å²) in [5.41, 5.74) is 0.847. The van der Waals surface area contributed by atoms with Crippen molar-refractivity contribution >= 4 is 30.1 Å². The third-order valence-corrected chi connectivity index (χ3v) is 3.97. The summed E-state index contributed by atoms with van der Waals surface area (Å²) in [5, 5.41) is 5.95. The fraction of sp³-hybridized carbons (Fsp3) is 0.438. The highest BCUT2D eigenvalue weighted by Gasteiger charge is 2.34. The predicted octanol–water partition coefficient (Wildman–Crippen LogP) is 0.199. The number of carbonyl (C=O) groups excluding carboxylic acids is 3. The van der Waals surface area contributed by atoms with E-state index in [1.54, 1.807) is 24.3 Å². The minimum atomic E-state index is -0.304. The van der Waals surface area contributed by atoms with Crippen molar-refractivity contribution in [2.75, 3.05) is 32.8 Å². The highest BCUT2D eigenvalue weighted by atomic mass is 35.5. The molecular weight excluding hydrogens is 334 g/mol. The number of imide groups is 1. The number of rotatable bonds is 5. The van der Waals surface area contributed by atoms with Gasteiger partial charge in [-0.3, -0.25) is 19.3 Å². The van der Waals surface area contributed by atoms with Crippen LogP contribution >= 0.6 is 12.4 Å². The van der Waals surface area contributed by atoms with Crippen molar-refractivity contribution in [3.63, 3.8) is 0 Å². The number of benzene rings is 1. The van der Waals surface area contributed by atoms with Crippen molar-refractivity contribution in [3.05, 3.63) is 35.4 Å². The van der Waals surface area contributed by atoms with Crippen LogP contribution in [0.15, 0.2) is 24.3 Å². The highest BCUT2D eigenvalue weighted by molar-refractivity contribution is 6.21. The SMILES string of the molecule is Cl.O=C(CC1COCCN1)NCCN1C(=O)c2ccccc2C1=O. The molecule has 1 fully saturated rings. The summed E-state index contributed by atoms with van der Waals surface area (Å²) in [4.78, 5) is 37.4. The number of hydrogen-bond donors (Lipinski definition) is 2. The molecule has 0 aliphatic carbocycles. The van der Waals surface area contributed by atoms with E-state index in [9.17, 15) is 14.4 Å². The molecule has 3 amide bonds. The molecule has 1 saturated heterocycles. The summed E-state index contributed by atoms with van der Waals surface area (Å²) in [6.07, 6.45) is 0.322. The third kappa shape index (κ3) is 3.92. The second-order valence-electron chi connectivity index (χ2n) is 5.59. The lowest BCUT2D eigenvalue weighted by molar-refractivity contribution is -0.122. The van der Waals surface area contributed by atoms with Crippen molar-refractivity contribution in [3.8, 4) is 0 Å². The zero-order chi connectivity index (χ0) is 16.2. The van der Waals surface area contributed by atoms with Crippen LogP contribution in [-0.2, 0) is 9.53 Å². The van der Waals surface area contributed by atoms with Crippen LogP contribution in [0.1, 0.15) is 27.1 Å². The van der Waals surface area contributed by atoms with Crippen molar-refractivity contribution in [2.24, 2.45) is 0 Å². The van der Waals surface area contributed by atoms with Crippen molar-refractivity contribution in [1.82, 2.24) is 15.5 Å². The molecule has 2 heterocycles. The van der Waals surface area contributed by atoms with Crippen LogP contribution in [0.3, 0.4) is 0 Å². The molecule has 2 N–H and O–H groups in total. The summed E-state index contributed by atoms with van der Waals surface area (Å²) in [7, 11) is 0. The Kier molecular flexibility index (Phi) is 6.30. The molecule has 1 unspecified atom stereocenters. The van der Waals surface area contributed by atoms with Gasteiger partial charge in [-0.25, -0.2) is 0 Å². The van der Waals surface area contributed by atoms with Crippen LogP contribution in [0.2, 0.25) is 0 Å². The molecule has 130 valence electrons. The van der Waals surface area contributed by atoms with Crippen molar-refractivity contribution < 1.29 is 19.1 Å². The monoisotopic (exact) mass is 353 g/mol. The van der Waals surface area contributed by atoms with E-state index in [4.69, 9.17) is 4.74 Å². The lowest BCUT2D eigenvalue weighted by atomic mass is 10.1. The molecule has 7 nitrogen and oxygen atoms in total. The topological polar surface area (TPSA) is 87.7 Å². The average molecular weight is 354 g/mol. The van der Waals surface area contributed by atoms with Gasteiger partial charge in [-0.2, -0.15) is 0 Å². The molecule has 2 aliphatic heterocycles. The van der Waals surface area contributed by atoms with E-state index in [1.165, 1.54) is 4.90 Å². The number of nitrogens with zero attached hydrogens (tertiary/aromatic N) is 1. The molecule has 0 bridgehead atoms. The molecule has 0 saturated carbocycles. The first kappa shape index (κ1) is 18.4. The van der Waals surface area contributed by atoms with E-state index >= 15 is 0 Å². The Morgan fingerprint density at radius 2 is 1.92 bits per heavy atom. The zero-order valence-electron chi connectivity index (χ0n) is 13.1. The second kappa shape index (κ2) is 8.23. The third-order valence-electron chi connectivity index (χ3n) is 3.97. The molecule has 0 aromatic heterocycles. The van der Waals surface area contributed by atoms with Gasteiger partial charge in [-0.05, 0) is 12.1 Å². The van der Waals surface area contributed by atoms with Gasteiger partial charge >= 0.3 is 0 Å². The number of fused-ring (bicyclic) bond motifs is 1. The lowest BCUT2D eigenvalue weighted by Crippen LogP contribution is -2.45. The van der Waals surface area contributed by atoms with Gasteiger partial charge in [-0.15, -0.1) is 12.4 Å².